The van der Waals surface area contributed by atoms with E-state index in [4.69, 9.17) is 11.6 Å². The molecule has 1 unspecified atom stereocenters. The number of benzene rings is 2. The van der Waals surface area contributed by atoms with E-state index >= 15 is 0 Å². The van der Waals surface area contributed by atoms with Gasteiger partial charge < -0.3 is 20.4 Å². The van der Waals surface area contributed by atoms with Crippen LogP contribution in [0.15, 0.2) is 65.7 Å². The van der Waals surface area contributed by atoms with Gasteiger partial charge >= 0.3 is 0 Å². The summed E-state index contributed by atoms with van der Waals surface area (Å²) in [6, 6.07) is 17.2. The van der Waals surface area contributed by atoms with Crippen LogP contribution in [0.5, 0.6) is 0 Å². The van der Waals surface area contributed by atoms with E-state index in [1.54, 1.807) is 0 Å². The summed E-state index contributed by atoms with van der Waals surface area (Å²) in [7, 11) is 1.82. The maximum Gasteiger partial charge on any atom is 0.191 e. The zero-order chi connectivity index (χ0) is 20.1. The highest BCUT2D eigenvalue weighted by atomic mass is 35.5. The van der Waals surface area contributed by atoms with Crippen molar-refractivity contribution >= 4 is 28.9 Å². The summed E-state index contributed by atoms with van der Waals surface area (Å²) in [4.78, 5) is 9.11. The standard InChI is InChI=1S/C23H28ClN5/c1-25-23(26-16-18-7-9-21(10-8-18)28-12-2-3-13-28)27-20-11-14-29(17-20)22-6-4-5-19(24)15-22/h2-10,15,20H,11-14,16-17H2,1H3,(H2,25,26,27). The number of nitrogens with one attached hydrogen (secondary N) is 2. The Kier molecular flexibility index (Phi) is 6.25. The highest BCUT2D eigenvalue weighted by Crippen LogP contribution is 2.23. The molecular formula is C23H28ClN5. The monoisotopic (exact) mass is 409 g/mol. The summed E-state index contributed by atoms with van der Waals surface area (Å²) in [5, 5.41) is 7.77. The van der Waals surface area contributed by atoms with E-state index in [0.29, 0.717) is 6.04 Å². The van der Waals surface area contributed by atoms with E-state index in [1.807, 2.05) is 25.2 Å². The Labute approximate surface area is 178 Å². The third-order valence-electron chi connectivity index (χ3n) is 5.51. The molecule has 0 bridgehead atoms. The van der Waals surface area contributed by atoms with E-state index in [-0.39, 0.29) is 0 Å². The normalized spacial score (nSPS) is 19.1. The molecule has 0 aromatic heterocycles. The molecule has 2 aliphatic heterocycles. The van der Waals surface area contributed by atoms with E-state index in [1.165, 1.54) is 16.9 Å². The number of anilines is 2. The molecule has 2 aliphatic rings. The zero-order valence-corrected chi connectivity index (χ0v) is 17.6. The largest absolute Gasteiger partial charge is 0.369 e. The van der Waals surface area contributed by atoms with Gasteiger partial charge in [-0.05, 0) is 42.3 Å². The van der Waals surface area contributed by atoms with Crippen molar-refractivity contribution in [2.75, 3.05) is 43.0 Å². The van der Waals surface area contributed by atoms with E-state index in [2.05, 4.69) is 67.9 Å². The van der Waals surface area contributed by atoms with Crippen LogP contribution in [0.1, 0.15) is 12.0 Å². The first-order valence-electron chi connectivity index (χ1n) is 10.2. The second-order valence-corrected chi connectivity index (χ2v) is 7.96. The van der Waals surface area contributed by atoms with Gasteiger partial charge in [-0.1, -0.05) is 42.0 Å². The van der Waals surface area contributed by atoms with Gasteiger partial charge in [0, 0.05) is 62.2 Å². The molecule has 6 heteroatoms. The van der Waals surface area contributed by atoms with Crippen molar-refractivity contribution in [3.8, 4) is 0 Å². The van der Waals surface area contributed by atoms with Gasteiger partial charge in [-0.15, -0.1) is 0 Å². The Morgan fingerprint density at radius 3 is 2.59 bits per heavy atom. The molecule has 2 N–H and O–H groups in total. The summed E-state index contributed by atoms with van der Waals surface area (Å²) in [5.41, 5.74) is 3.70. The lowest BCUT2D eigenvalue weighted by atomic mass is 10.2. The number of nitrogens with zero attached hydrogens (tertiary/aromatic N) is 3. The van der Waals surface area contributed by atoms with Crippen molar-refractivity contribution in [3.63, 3.8) is 0 Å². The van der Waals surface area contributed by atoms with Crippen LogP contribution in [-0.2, 0) is 6.54 Å². The Balaban J connectivity index is 1.27. The first-order chi connectivity index (χ1) is 14.2. The Bertz CT molecular complexity index is 869. The molecule has 29 heavy (non-hydrogen) atoms. The third kappa shape index (κ3) is 5.04. The second kappa shape index (κ2) is 9.23. The Hall–Kier alpha value is -2.66. The molecule has 4 rings (SSSR count). The minimum atomic E-state index is 0.366. The van der Waals surface area contributed by atoms with E-state index < -0.39 is 0 Å². The summed E-state index contributed by atoms with van der Waals surface area (Å²) < 4.78 is 0. The van der Waals surface area contributed by atoms with Crippen molar-refractivity contribution in [2.24, 2.45) is 4.99 Å². The molecule has 1 atom stereocenters. The van der Waals surface area contributed by atoms with Crippen molar-refractivity contribution < 1.29 is 0 Å². The van der Waals surface area contributed by atoms with Gasteiger partial charge in [0.15, 0.2) is 5.96 Å². The summed E-state index contributed by atoms with van der Waals surface area (Å²) in [5.74, 6) is 0.843. The van der Waals surface area contributed by atoms with Crippen LogP contribution >= 0.6 is 11.6 Å². The first-order valence-corrected chi connectivity index (χ1v) is 10.6. The van der Waals surface area contributed by atoms with Crippen LogP contribution in [0.25, 0.3) is 0 Å². The number of hydrogen-bond donors (Lipinski definition) is 2. The molecular weight excluding hydrogens is 382 g/mol. The lowest BCUT2D eigenvalue weighted by Crippen LogP contribution is -2.44. The highest BCUT2D eigenvalue weighted by Gasteiger charge is 2.23. The van der Waals surface area contributed by atoms with Gasteiger partial charge in [-0.3, -0.25) is 4.99 Å². The smallest absolute Gasteiger partial charge is 0.191 e. The minimum absolute atomic E-state index is 0.366. The molecule has 0 radical (unpaired) electrons. The topological polar surface area (TPSA) is 42.9 Å². The van der Waals surface area contributed by atoms with Crippen molar-refractivity contribution in [2.45, 2.75) is 19.0 Å². The molecule has 2 heterocycles. The highest BCUT2D eigenvalue weighted by molar-refractivity contribution is 6.30. The van der Waals surface area contributed by atoms with Gasteiger partial charge in [-0.25, -0.2) is 0 Å². The lowest BCUT2D eigenvalue weighted by molar-refractivity contribution is 0.648. The molecule has 2 aromatic carbocycles. The predicted octanol–water partition coefficient (Wildman–Crippen LogP) is 3.66. The van der Waals surface area contributed by atoms with Crippen LogP contribution in [0.2, 0.25) is 5.02 Å². The SMILES string of the molecule is CN=C(NCc1ccc(N2CC=CC2)cc1)NC1CCN(c2cccc(Cl)c2)C1. The molecule has 0 spiro atoms. The molecule has 0 amide bonds. The van der Waals surface area contributed by atoms with Crippen LogP contribution in [0.3, 0.4) is 0 Å². The summed E-state index contributed by atoms with van der Waals surface area (Å²) in [6.07, 6.45) is 5.50. The number of halogens is 1. The van der Waals surface area contributed by atoms with Crippen LogP contribution in [-0.4, -0.2) is 45.2 Å². The summed E-state index contributed by atoms with van der Waals surface area (Å²) in [6.45, 7) is 4.72. The summed E-state index contributed by atoms with van der Waals surface area (Å²) >= 11 is 6.14. The number of rotatable bonds is 5. The predicted molar refractivity (Wildman–Crippen MR) is 123 cm³/mol. The number of hydrogen-bond acceptors (Lipinski definition) is 3. The van der Waals surface area contributed by atoms with Gasteiger partial charge in [0.25, 0.3) is 0 Å². The van der Waals surface area contributed by atoms with E-state index in [0.717, 1.165) is 50.1 Å². The molecule has 152 valence electrons. The zero-order valence-electron chi connectivity index (χ0n) is 16.8. The fraction of sp³-hybridized carbons (Fsp3) is 0.348. The van der Waals surface area contributed by atoms with E-state index in [9.17, 15) is 0 Å². The maximum atomic E-state index is 6.14. The van der Waals surface area contributed by atoms with Crippen LogP contribution in [0.4, 0.5) is 11.4 Å². The maximum absolute atomic E-state index is 6.14. The third-order valence-corrected chi connectivity index (χ3v) is 5.74. The molecule has 1 saturated heterocycles. The van der Waals surface area contributed by atoms with Crippen molar-refractivity contribution in [1.29, 1.82) is 0 Å². The van der Waals surface area contributed by atoms with Gasteiger partial charge in [0.2, 0.25) is 0 Å². The first kappa shape index (κ1) is 19.6. The molecule has 5 nitrogen and oxygen atoms in total. The van der Waals surface area contributed by atoms with Gasteiger partial charge in [0.1, 0.15) is 0 Å². The van der Waals surface area contributed by atoms with Crippen molar-refractivity contribution in [3.05, 3.63) is 71.3 Å². The average Bonchev–Trinajstić information content (AvgIpc) is 3.44. The second-order valence-electron chi connectivity index (χ2n) is 7.52. The fourth-order valence-electron chi connectivity index (χ4n) is 3.87. The fourth-order valence-corrected chi connectivity index (χ4v) is 4.06. The van der Waals surface area contributed by atoms with Gasteiger partial charge in [-0.2, -0.15) is 0 Å². The van der Waals surface area contributed by atoms with Crippen LogP contribution < -0.4 is 20.4 Å². The molecule has 0 aliphatic carbocycles. The Morgan fingerprint density at radius 1 is 1.07 bits per heavy atom. The number of aliphatic imine (C=N–C) groups is 1. The lowest BCUT2D eigenvalue weighted by Gasteiger charge is -2.21. The minimum Gasteiger partial charge on any atom is -0.369 e. The Morgan fingerprint density at radius 2 is 1.86 bits per heavy atom. The number of guanidine groups is 1. The molecule has 0 saturated carbocycles. The van der Waals surface area contributed by atoms with Crippen molar-refractivity contribution in [1.82, 2.24) is 10.6 Å². The molecule has 1 fully saturated rings. The van der Waals surface area contributed by atoms with Crippen LogP contribution in [0, 0.1) is 0 Å². The molecule has 2 aromatic rings. The average molecular weight is 410 g/mol. The quantitative estimate of drug-likeness (QED) is 0.449. The van der Waals surface area contributed by atoms with Gasteiger partial charge in [0.05, 0.1) is 0 Å².